The number of hydrogen-bond acceptors (Lipinski definition) is 5. The Morgan fingerprint density at radius 1 is 1.18 bits per heavy atom. The van der Waals surface area contributed by atoms with Gasteiger partial charge in [0.15, 0.2) is 0 Å². The number of para-hydroxylation sites is 1. The van der Waals surface area contributed by atoms with E-state index in [-0.39, 0.29) is 11.5 Å². The van der Waals surface area contributed by atoms with Gasteiger partial charge in [-0.05, 0) is 62.4 Å². The molecule has 2 heterocycles. The quantitative estimate of drug-likeness (QED) is 0.284. The highest BCUT2D eigenvalue weighted by atomic mass is 35.5. The van der Waals surface area contributed by atoms with E-state index in [2.05, 4.69) is 4.57 Å². The molecule has 0 aliphatic carbocycles. The van der Waals surface area contributed by atoms with Gasteiger partial charge in [-0.25, -0.2) is 4.79 Å². The van der Waals surface area contributed by atoms with Gasteiger partial charge in [-0.15, -0.1) is 0 Å². The van der Waals surface area contributed by atoms with E-state index in [9.17, 15) is 14.4 Å². The molecule has 0 saturated carbocycles. The first-order chi connectivity index (χ1) is 16.2. The third-order valence-corrected chi connectivity index (χ3v) is 7.21. The number of hydrogen-bond donors (Lipinski definition) is 0. The third-order valence-electron chi connectivity index (χ3n) is 5.74. The number of rotatable bonds is 6. The normalized spacial score (nSPS) is 16.0. The van der Waals surface area contributed by atoms with E-state index in [4.69, 9.17) is 27.9 Å². The molecule has 1 fully saturated rings. The average molecular weight is 517 g/mol. The highest BCUT2D eigenvalue weighted by Gasteiger charge is 2.41. The average Bonchev–Trinajstić information content (AvgIpc) is 3.23. The van der Waals surface area contributed by atoms with Crippen LogP contribution in [0.5, 0.6) is 0 Å². The van der Waals surface area contributed by atoms with Crippen molar-refractivity contribution in [2.24, 2.45) is 0 Å². The predicted octanol–water partition coefficient (Wildman–Crippen LogP) is 6.29. The molecule has 1 saturated heterocycles. The molecule has 0 spiro atoms. The molecule has 1 aliphatic rings. The summed E-state index contributed by atoms with van der Waals surface area (Å²) in [6, 6.07) is 12.2. The van der Waals surface area contributed by atoms with Crippen LogP contribution in [0, 0.1) is 6.92 Å². The number of esters is 1. The number of amides is 2. The molecule has 0 unspecified atom stereocenters. The molecule has 0 N–H and O–H groups in total. The van der Waals surface area contributed by atoms with Crippen LogP contribution < -0.4 is 0 Å². The summed E-state index contributed by atoms with van der Waals surface area (Å²) in [6.07, 6.45) is 1.72. The highest BCUT2D eigenvalue weighted by molar-refractivity contribution is 8.18. The summed E-state index contributed by atoms with van der Waals surface area (Å²) in [4.78, 5) is 39.0. The Bertz CT molecular complexity index is 1350. The smallest absolute Gasteiger partial charge is 0.329 e. The number of carbonyl (C=O) groups is 3. The second-order valence-corrected chi connectivity index (χ2v) is 9.65. The number of imide groups is 1. The maximum absolute atomic E-state index is 13.1. The fraction of sp³-hybridized carbons (Fsp3) is 0.240. The summed E-state index contributed by atoms with van der Waals surface area (Å²) in [5.74, 6) is -1.12. The van der Waals surface area contributed by atoms with Gasteiger partial charge in [0.05, 0.1) is 11.5 Å². The molecule has 3 aromatic rings. The van der Waals surface area contributed by atoms with Gasteiger partial charge in [-0.1, -0.05) is 47.5 Å². The van der Waals surface area contributed by atoms with Crippen molar-refractivity contribution < 1.29 is 19.1 Å². The predicted molar refractivity (Wildman–Crippen MR) is 136 cm³/mol. The van der Waals surface area contributed by atoms with Crippen LogP contribution in [0.1, 0.15) is 30.7 Å². The molecule has 4 rings (SSSR count). The van der Waals surface area contributed by atoms with Crippen molar-refractivity contribution >= 4 is 69.1 Å². The molecule has 0 bridgehead atoms. The number of carbonyl (C=O) groups excluding carboxylic acids is 3. The molecule has 6 nitrogen and oxygen atoms in total. The van der Waals surface area contributed by atoms with Gasteiger partial charge in [-0.3, -0.25) is 14.5 Å². The first kappa shape index (κ1) is 24.4. The fourth-order valence-corrected chi connectivity index (χ4v) is 5.34. The van der Waals surface area contributed by atoms with Crippen molar-refractivity contribution in [3.8, 4) is 0 Å². The number of benzene rings is 2. The van der Waals surface area contributed by atoms with E-state index in [1.807, 2.05) is 37.3 Å². The van der Waals surface area contributed by atoms with Crippen LogP contribution >= 0.6 is 35.0 Å². The summed E-state index contributed by atoms with van der Waals surface area (Å²) in [7, 11) is 0. The van der Waals surface area contributed by atoms with E-state index in [0.717, 1.165) is 44.4 Å². The van der Waals surface area contributed by atoms with E-state index >= 15 is 0 Å². The number of nitrogens with zero attached hydrogens (tertiary/aromatic N) is 2. The van der Waals surface area contributed by atoms with Crippen LogP contribution in [0.15, 0.2) is 47.4 Å². The standard InChI is InChI=1S/C25H22Cl2N2O4S/c1-4-33-24(31)15(3)29-23(30)22(34-25(29)32)12-19-14(2)28(21-8-6-5-7-18(19)21)13-16-9-10-17(26)11-20(16)27/h5-12,15H,4,13H2,1-3H3/b22-12+/t15-/m1/s1. The van der Waals surface area contributed by atoms with Crippen LogP contribution in [-0.4, -0.2) is 39.2 Å². The lowest BCUT2D eigenvalue weighted by molar-refractivity contribution is -0.150. The van der Waals surface area contributed by atoms with Gasteiger partial charge in [0.2, 0.25) is 0 Å². The van der Waals surface area contributed by atoms with E-state index < -0.39 is 23.2 Å². The molecule has 1 aliphatic heterocycles. The number of ether oxygens (including phenoxy) is 1. The molecular formula is C25H22Cl2N2O4S. The fourth-order valence-electron chi connectivity index (χ4n) is 3.98. The molecule has 1 atom stereocenters. The van der Waals surface area contributed by atoms with E-state index in [1.54, 1.807) is 25.1 Å². The van der Waals surface area contributed by atoms with Gasteiger partial charge in [0, 0.05) is 38.8 Å². The number of aromatic nitrogens is 1. The molecule has 176 valence electrons. The molecule has 1 aromatic heterocycles. The monoisotopic (exact) mass is 516 g/mol. The van der Waals surface area contributed by atoms with Crippen LogP contribution in [0.2, 0.25) is 10.0 Å². The summed E-state index contributed by atoms with van der Waals surface area (Å²) < 4.78 is 7.10. The molecule has 9 heteroatoms. The maximum atomic E-state index is 13.1. The Labute approximate surface area is 211 Å². The Balaban J connectivity index is 1.74. The van der Waals surface area contributed by atoms with Gasteiger partial charge in [-0.2, -0.15) is 0 Å². The van der Waals surface area contributed by atoms with Crippen LogP contribution in [0.25, 0.3) is 17.0 Å². The van der Waals surface area contributed by atoms with Gasteiger partial charge >= 0.3 is 5.97 Å². The Morgan fingerprint density at radius 2 is 1.91 bits per heavy atom. The maximum Gasteiger partial charge on any atom is 0.329 e. The number of thioether (sulfide) groups is 1. The second kappa shape index (κ2) is 9.86. The summed E-state index contributed by atoms with van der Waals surface area (Å²) in [6.45, 7) is 5.81. The molecular weight excluding hydrogens is 495 g/mol. The zero-order chi connectivity index (χ0) is 24.6. The minimum absolute atomic E-state index is 0.172. The van der Waals surface area contributed by atoms with Crippen molar-refractivity contribution in [2.45, 2.75) is 33.4 Å². The molecule has 34 heavy (non-hydrogen) atoms. The molecule has 2 aromatic carbocycles. The zero-order valence-electron chi connectivity index (χ0n) is 18.8. The van der Waals surface area contributed by atoms with E-state index in [1.165, 1.54) is 6.92 Å². The SMILES string of the molecule is CCOC(=O)[C@@H](C)N1C(=O)S/C(=C/c2c(C)n(Cc3ccc(Cl)cc3Cl)c3ccccc23)C1=O. The Morgan fingerprint density at radius 3 is 2.62 bits per heavy atom. The number of fused-ring (bicyclic) bond motifs is 1. The second-order valence-electron chi connectivity index (χ2n) is 7.82. The van der Waals surface area contributed by atoms with Crippen LogP contribution in [0.3, 0.4) is 0 Å². The van der Waals surface area contributed by atoms with Crippen molar-refractivity contribution in [1.29, 1.82) is 0 Å². The van der Waals surface area contributed by atoms with Crippen molar-refractivity contribution in [3.63, 3.8) is 0 Å². The summed E-state index contributed by atoms with van der Waals surface area (Å²) >= 11 is 13.3. The third kappa shape index (κ3) is 4.48. The molecule has 2 amide bonds. The Kier molecular flexibility index (Phi) is 7.07. The van der Waals surface area contributed by atoms with Crippen molar-refractivity contribution in [1.82, 2.24) is 9.47 Å². The zero-order valence-corrected chi connectivity index (χ0v) is 21.1. The van der Waals surface area contributed by atoms with Crippen LogP contribution in [-0.2, 0) is 20.9 Å². The molecule has 0 radical (unpaired) electrons. The lowest BCUT2D eigenvalue weighted by Gasteiger charge is -2.19. The first-order valence-electron chi connectivity index (χ1n) is 10.7. The van der Waals surface area contributed by atoms with Gasteiger partial charge in [0.1, 0.15) is 6.04 Å². The van der Waals surface area contributed by atoms with E-state index in [0.29, 0.717) is 16.6 Å². The first-order valence-corrected chi connectivity index (χ1v) is 12.3. The van der Waals surface area contributed by atoms with Crippen molar-refractivity contribution in [3.05, 3.63) is 74.2 Å². The van der Waals surface area contributed by atoms with Crippen molar-refractivity contribution in [2.75, 3.05) is 6.61 Å². The Hall–Kier alpha value is -2.74. The largest absolute Gasteiger partial charge is 0.464 e. The summed E-state index contributed by atoms with van der Waals surface area (Å²) in [5, 5.41) is 1.58. The van der Waals surface area contributed by atoms with Gasteiger partial charge < -0.3 is 9.30 Å². The summed E-state index contributed by atoms with van der Waals surface area (Å²) in [5.41, 5.74) is 3.62. The van der Waals surface area contributed by atoms with Crippen LogP contribution in [0.4, 0.5) is 4.79 Å². The minimum atomic E-state index is -0.993. The lowest BCUT2D eigenvalue weighted by atomic mass is 10.1. The highest BCUT2D eigenvalue weighted by Crippen LogP contribution is 2.37. The van der Waals surface area contributed by atoms with Gasteiger partial charge in [0.25, 0.3) is 11.1 Å². The topological polar surface area (TPSA) is 68.6 Å². The lowest BCUT2D eigenvalue weighted by Crippen LogP contribution is -2.42. The number of halogens is 2. The minimum Gasteiger partial charge on any atom is -0.464 e.